The molecule has 0 radical (unpaired) electrons. The topological polar surface area (TPSA) is 62.1 Å². The van der Waals surface area contributed by atoms with Gasteiger partial charge >= 0.3 is 0 Å². The predicted octanol–water partition coefficient (Wildman–Crippen LogP) is 6.81. The van der Waals surface area contributed by atoms with Crippen LogP contribution in [0.3, 0.4) is 0 Å². The van der Waals surface area contributed by atoms with Crippen molar-refractivity contribution in [3.8, 4) is 0 Å². The molecule has 4 atom stereocenters. The molecule has 204 valence electrons. The van der Waals surface area contributed by atoms with Crippen LogP contribution in [0, 0.1) is 0 Å². The van der Waals surface area contributed by atoms with E-state index in [4.69, 9.17) is 9.15 Å². The van der Waals surface area contributed by atoms with Gasteiger partial charge in [0.05, 0.1) is 17.8 Å². The Morgan fingerprint density at radius 1 is 0.976 bits per heavy atom. The molecule has 4 unspecified atom stereocenters. The van der Waals surface area contributed by atoms with Gasteiger partial charge in [-0.15, -0.1) is 0 Å². The molecule has 6 nitrogen and oxygen atoms in total. The number of pyridine rings is 1. The van der Waals surface area contributed by atoms with Crippen LogP contribution in [0.25, 0.3) is 6.08 Å². The van der Waals surface area contributed by atoms with Gasteiger partial charge in [-0.1, -0.05) is 56.3 Å². The quantitative estimate of drug-likeness (QED) is 0.161. The molecule has 8 rings (SSSR count). The minimum absolute atomic E-state index is 0.0252. The average molecular weight is 542 g/mol. The van der Waals surface area contributed by atoms with Crippen LogP contribution in [0.2, 0.25) is 0 Å². The number of ketones is 1. The fourth-order valence-corrected chi connectivity index (χ4v) is 7.07. The summed E-state index contributed by atoms with van der Waals surface area (Å²) >= 11 is 0. The van der Waals surface area contributed by atoms with Gasteiger partial charge in [0.25, 0.3) is 0 Å². The van der Waals surface area contributed by atoms with Crippen molar-refractivity contribution in [3.63, 3.8) is 0 Å². The van der Waals surface area contributed by atoms with Crippen molar-refractivity contribution in [1.82, 2.24) is 9.88 Å². The van der Waals surface area contributed by atoms with E-state index in [0.29, 0.717) is 16.9 Å². The Labute approximate surface area is 239 Å². The van der Waals surface area contributed by atoms with Crippen molar-refractivity contribution in [3.05, 3.63) is 131 Å². The van der Waals surface area contributed by atoms with Crippen LogP contribution in [-0.4, -0.2) is 41.4 Å². The Kier molecular flexibility index (Phi) is 5.31. The number of hydrogen-bond donors (Lipinski definition) is 0. The van der Waals surface area contributed by atoms with Crippen molar-refractivity contribution in [2.24, 2.45) is 0 Å². The minimum atomic E-state index is -0.242. The first-order chi connectivity index (χ1) is 19.9. The highest BCUT2D eigenvalue weighted by atomic mass is 16.6. The zero-order chi connectivity index (χ0) is 27.9. The number of nitrogens with zero attached hydrogens (tertiary/aromatic N) is 3. The Hall–Kier alpha value is -4.26. The van der Waals surface area contributed by atoms with Gasteiger partial charge in [0.15, 0.2) is 5.78 Å². The number of para-hydroxylation sites is 2. The van der Waals surface area contributed by atoms with Gasteiger partial charge in [0, 0.05) is 46.2 Å². The van der Waals surface area contributed by atoms with E-state index in [1.807, 2.05) is 12.1 Å². The molecule has 41 heavy (non-hydrogen) atoms. The standard InChI is InChI=1S/C35H31N3O3/c1-35(2)27-17-23(38(21-11-6-4-7-12-21)22-13-8-5-9-14-22)20-37(3)30(27)33-28(35)19-24(40-33)18-26-31(39)25-15-10-16-36-29(25)34-32(26)41-34/h4-19,23,30,32,34H,20H2,1-3H3/b26-18+. The van der Waals surface area contributed by atoms with E-state index in [1.54, 1.807) is 12.3 Å². The van der Waals surface area contributed by atoms with Gasteiger partial charge in [0.2, 0.25) is 0 Å². The van der Waals surface area contributed by atoms with Gasteiger partial charge in [-0.25, -0.2) is 0 Å². The number of hydrogen-bond acceptors (Lipinski definition) is 6. The molecule has 6 heteroatoms. The molecule has 1 saturated heterocycles. The van der Waals surface area contributed by atoms with Gasteiger partial charge < -0.3 is 14.1 Å². The van der Waals surface area contributed by atoms with Crippen molar-refractivity contribution in [2.45, 2.75) is 43.6 Å². The molecule has 2 aliphatic carbocycles. The zero-order valence-corrected chi connectivity index (χ0v) is 23.3. The lowest BCUT2D eigenvalue weighted by molar-refractivity contribution is 0.102. The highest BCUT2D eigenvalue weighted by molar-refractivity contribution is 6.14. The number of rotatable bonds is 4. The van der Waals surface area contributed by atoms with Gasteiger partial charge in [-0.05, 0) is 61.2 Å². The average Bonchev–Trinajstić information content (AvgIpc) is 3.63. The van der Waals surface area contributed by atoms with Gasteiger partial charge in [-0.2, -0.15) is 0 Å². The number of Topliss-reactive ketones (excluding diaryl/α,β-unsaturated/α-hetero) is 1. The Morgan fingerprint density at radius 2 is 1.68 bits per heavy atom. The molecule has 0 spiro atoms. The number of furan rings is 1. The third-order valence-electron chi connectivity index (χ3n) is 9.12. The lowest BCUT2D eigenvalue weighted by atomic mass is 9.80. The molecule has 0 N–H and O–H groups in total. The number of carbonyl (C=O) groups is 1. The second kappa shape index (κ2) is 8.87. The Morgan fingerprint density at radius 3 is 2.39 bits per heavy atom. The van der Waals surface area contributed by atoms with E-state index in [2.05, 4.69) is 108 Å². The van der Waals surface area contributed by atoms with Crippen molar-refractivity contribution < 1.29 is 13.9 Å². The molecule has 2 aliphatic heterocycles. The smallest absolute Gasteiger partial charge is 0.193 e. The molecule has 4 heterocycles. The van der Waals surface area contributed by atoms with Crippen LogP contribution in [-0.2, 0) is 10.2 Å². The summed E-state index contributed by atoms with van der Waals surface area (Å²) in [6.45, 7) is 5.40. The van der Waals surface area contributed by atoms with Crippen molar-refractivity contribution in [2.75, 3.05) is 18.5 Å². The van der Waals surface area contributed by atoms with Crippen LogP contribution in [0.1, 0.15) is 59.1 Å². The number of fused-ring (bicyclic) bond motifs is 6. The second-order valence-electron chi connectivity index (χ2n) is 12.0. The normalized spacial score (nSPS) is 26.6. The first-order valence-corrected chi connectivity index (χ1v) is 14.2. The van der Waals surface area contributed by atoms with E-state index >= 15 is 0 Å². The zero-order valence-electron chi connectivity index (χ0n) is 23.3. The molecular weight excluding hydrogens is 510 g/mol. The molecule has 4 aromatic rings. The first kappa shape index (κ1) is 24.5. The molecule has 1 fully saturated rings. The number of ether oxygens (including phenoxy) is 1. The first-order valence-electron chi connectivity index (χ1n) is 14.2. The molecule has 2 aromatic carbocycles. The summed E-state index contributed by atoms with van der Waals surface area (Å²) in [5.41, 5.74) is 6.66. The van der Waals surface area contributed by atoms with Crippen LogP contribution in [0.15, 0.2) is 107 Å². The molecular formula is C35H31N3O3. The maximum absolute atomic E-state index is 13.3. The van der Waals surface area contributed by atoms with E-state index in [-0.39, 0.29) is 35.5 Å². The third-order valence-corrected chi connectivity index (χ3v) is 9.12. The van der Waals surface area contributed by atoms with Gasteiger partial charge in [0.1, 0.15) is 23.7 Å². The molecule has 0 bridgehead atoms. The van der Waals surface area contributed by atoms with E-state index in [9.17, 15) is 4.79 Å². The van der Waals surface area contributed by atoms with Crippen molar-refractivity contribution >= 4 is 23.2 Å². The van der Waals surface area contributed by atoms with E-state index < -0.39 is 0 Å². The van der Waals surface area contributed by atoms with Crippen LogP contribution < -0.4 is 4.90 Å². The summed E-state index contributed by atoms with van der Waals surface area (Å²) in [5, 5.41) is 0. The summed E-state index contributed by atoms with van der Waals surface area (Å²) in [4.78, 5) is 22.5. The number of anilines is 2. The van der Waals surface area contributed by atoms with Crippen LogP contribution in [0.4, 0.5) is 11.4 Å². The largest absolute Gasteiger partial charge is 0.459 e. The SMILES string of the molecule is CN1CC(N(c2ccccc2)c2ccccc2)C=C2C1c1oc(/C=C3\C(=O)c4cccnc4C4OC34)cc1C2(C)C. The molecule has 4 aliphatic rings. The van der Waals surface area contributed by atoms with Crippen LogP contribution >= 0.6 is 0 Å². The van der Waals surface area contributed by atoms with Crippen molar-refractivity contribution in [1.29, 1.82) is 0 Å². The Balaban J connectivity index is 1.16. The number of carbonyl (C=O) groups excluding carboxylic acids is 1. The predicted molar refractivity (Wildman–Crippen MR) is 158 cm³/mol. The summed E-state index contributed by atoms with van der Waals surface area (Å²) < 4.78 is 12.4. The van der Waals surface area contributed by atoms with E-state index in [1.165, 1.54) is 22.5 Å². The number of benzene rings is 2. The third kappa shape index (κ3) is 3.71. The fraction of sp³-hybridized carbons (Fsp3) is 0.257. The Bertz CT molecular complexity index is 1700. The monoisotopic (exact) mass is 541 g/mol. The number of aromatic nitrogens is 1. The summed E-state index contributed by atoms with van der Waals surface area (Å²) in [7, 11) is 2.18. The second-order valence-corrected chi connectivity index (χ2v) is 12.0. The lowest BCUT2D eigenvalue weighted by Crippen LogP contribution is -2.45. The van der Waals surface area contributed by atoms with Crippen LogP contribution in [0.5, 0.6) is 0 Å². The molecule has 0 amide bonds. The lowest BCUT2D eigenvalue weighted by Gasteiger charge is -2.42. The highest BCUT2D eigenvalue weighted by Gasteiger charge is 2.53. The summed E-state index contributed by atoms with van der Waals surface area (Å²) in [5.74, 6) is 1.65. The number of epoxide rings is 1. The molecule has 2 aromatic heterocycles. The summed E-state index contributed by atoms with van der Waals surface area (Å²) in [6.07, 6.45) is 5.68. The van der Waals surface area contributed by atoms with E-state index in [0.717, 1.165) is 18.0 Å². The minimum Gasteiger partial charge on any atom is -0.459 e. The molecule has 0 saturated carbocycles. The maximum atomic E-state index is 13.3. The fourth-order valence-electron chi connectivity index (χ4n) is 7.07. The van der Waals surface area contributed by atoms with Gasteiger partial charge in [-0.3, -0.25) is 14.7 Å². The maximum Gasteiger partial charge on any atom is 0.193 e. The highest BCUT2D eigenvalue weighted by Crippen LogP contribution is 2.55. The number of likely N-dealkylation sites (N-methyl/N-ethyl adjacent to an activating group) is 1. The summed E-state index contributed by atoms with van der Waals surface area (Å²) in [6, 6.07) is 27.2.